The predicted molar refractivity (Wildman–Crippen MR) is 129 cm³/mol. The van der Waals surface area contributed by atoms with Gasteiger partial charge in [0.05, 0.1) is 52.9 Å². The van der Waals surface area contributed by atoms with Crippen LogP contribution >= 0.6 is 0 Å². The summed E-state index contributed by atoms with van der Waals surface area (Å²) >= 11 is 0. The first-order valence-electron chi connectivity index (χ1n) is 11.6. The first-order chi connectivity index (χ1) is 15.7. The molecule has 0 saturated carbocycles. The lowest BCUT2D eigenvalue weighted by Gasteiger charge is -2.09. The highest BCUT2D eigenvalue weighted by molar-refractivity contribution is 5.21. The fourth-order valence-corrected chi connectivity index (χ4v) is 2.93. The van der Waals surface area contributed by atoms with E-state index in [9.17, 15) is 0 Å². The lowest BCUT2D eigenvalue weighted by Crippen LogP contribution is -2.21. The fourth-order valence-electron chi connectivity index (χ4n) is 2.93. The van der Waals surface area contributed by atoms with Crippen molar-refractivity contribution in [2.24, 2.45) is 0 Å². The molecular weight excluding hydrogens is 404 g/mol. The second kappa shape index (κ2) is 17.7. The van der Waals surface area contributed by atoms with Gasteiger partial charge in [-0.05, 0) is 25.0 Å². The number of nitrogens with one attached hydrogen (secondary N) is 2. The fraction of sp³-hybridized carbons (Fsp3) is 0.538. The topological polar surface area (TPSA) is 61.0 Å². The third kappa shape index (κ3) is 13.6. The van der Waals surface area contributed by atoms with Crippen molar-refractivity contribution in [1.82, 2.24) is 10.6 Å². The molecule has 0 aliphatic heterocycles. The van der Waals surface area contributed by atoms with Crippen LogP contribution in [0.25, 0.3) is 0 Å². The first-order valence-corrected chi connectivity index (χ1v) is 11.6. The van der Waals surface area contributed by atoms with Gasteiger partial charge < -0.3 is 29.6 Å². The van der Waals surface area contributed by atoms with Gasteiger partial charge in [-0.25, -0.2) is 0 Å². The summed E-state index contributed by atoms with van der Waals surface area (Å²) in [7, 11) is 0. The molecule has 0 bridgehead atoms. The van der Waals surface area contributed by atoms with Crippen LogP contribution in [0, 0.1) is 13.8 Å². The lowest BCUT2D eigenvalue weighted by atomic mass is 10.1. The van der Waals surface area contributed by atoms with Crippen LogP contribution < -0.4 is 10.6 Å². The zero-order valence-electron chi connectivity index (χ0n) is 19.7. The zero-order valence-corrected chi connectivity index (χ0v) is 19.7. The van der Waals surface area contributed by atoms with Crippen molar-refractivity contribution < 1.29 is 18.9 Å². The molecule has 0 unspecified atom stereocenters. The van der Waals surface area contributed by atoms with E-state index in [0.29, 0.717) is 52.9 Å². The smallest absolute Gasteiger partial charge is 0.0701 e. The molecule has 0 saturated heterocycles. The maximum Gasteiger partial charge on any atom is 0.0701 e. The Labute approximate surface area is 193 Å². The van der Waals surface area contributed by atoms with E-state index in [1.165, 1.54) is 22.3 Å². The molecule has 0 aliphatic rings. The molecule has 32 heavy (non-hydrogen) atoms. The summed E-state index contributed by atoms with van der Waals surface area (Å²) in [5.74, 6) is 0. The SMILES string of the molecule is Cc1ccc(CNCCOCCOCCOCCOCCNCc2ccc(C)cc2)cc1. The quantitative estimate of drug-likeness (QED) is 0.325. The summed E-state index contributed by atoms with van der Waals surface area (Å²) in [5, 5.41) is 6.75. The standard InChI is InChI=1S/C26H40N2O4/c1-23-3-7-25(8-4-23)21-27-11-13-29-15-17-31-19-20-32-18-16-30-14-12-28-22-26-9-5-24(2)6-10-26/h3-10,27-28H,11-22H2,1-2H3. The van der Waals surface area contributed by atoms with Gasteiger partial charge in [0.2, 0.25) is 0 Å². The van der Waals surface area contributed by atoms with Crippen LogP contribution in [0.15, 0.2) is 48.5 Å². The van der Waals surface area contributed by atoms with Crippen LogP contribution in [0.4, 0.5) is 0 Å². The van der Waals surface area contributed by atoms with Gasteiger partial charge in [-0.2, -0.15) is 0 Å². The van der Waals surface area contributed by atoms with Crippen molar-refractivity contribution in [1.29, 1.82) is 0 Å². The van der Waals surface area contributed by atoms with Crippen LogP contribution in [0.1, 0.15) is 22.3 Å². The molecule has 6 nitrogen and oxygen atoms in total. The van der Waals surface area contributed by atoms with E-state index in [1.807, 2.05) is 0 Å². The van der Waals surface area contributed by atoms with Gasteiger partial charge in [-0.15, -0.1) is 0 Å². The largest absolute Gasteiger partial charge is 0.378 e. The van der Waals surface area contributed by atoms with Crippen molar-refractivity contribution in [2.75, 3.05) is 65.9 Å². The monoisotopic (exact) mass is 444 g/mol. The Morgan fingerprint density at radius 1 is 0.469 bits per heavy atom. The number of ether oxygens (including phenoxy) is 4. The highest BCUT2D eigenvalue weighted by atomic mass is 16.6. The molecule has 2 rings (SSSR count). The van der Waals surface area contributed by atoms with Crippen LogP contribution in [0.2, 0.25) is 0 Å². The van der Waals surface area contributed by atoms with Crippen molar-refractivity contribution in [2.45, 2.75) is 26.9 Å². The minimum Gasteiger partial charge on any atom is -0.378 e. The van der Waals surface area contributed by atoms with Crippen molar-refractivity contribution >= 4 is 0 Å². The minimum atomic E-state index is 0.577. The summed E-state index contributed by atoms with van der Waals surface area (Å²) in [4.78, 5) is 0. The summed E-state index contributed by atoms with van der Waals surface area (Å²) in [5.41, 5.74) is 5.15. The molecule has 6 heteroatoms. The number of benzene rings is 2. The lowest BCUT2D eigenvalue weighted by molar-refractivity contribution is -0.00112. The van der Waals surface area contributed by atoms with Gasteiger partial charge in [0.25, 0.3) is 0 Å². The number of aryl methyl sites for hydroxylation is 2. The number of rotatable bonds is 19. The molecule has 0 aliphatic carbocycles. The van der Waals surface area contributed by atoms with Gasteiger partial charge in [-0.3, -0.25) is 0 Å². The van der Waals surface area contributed by atoms with Crippen LogP contribution in [0.3, 0.4) is 0 Å². The van der Waals surface area contributed by atoms with Gasteiger partial charge in [-0.1, -0.05) is 59.7 Å². The first kappa shape index (κ1) is 26.5. The van der Waals surface area contributed by atoms with Crippen molar-refractivity contribution in [3.05, 3.63) is 70.8 Å². The Hall–Kier alpha value is -1.80. The molecule has 2 aromatic rings. The van der Waals surface area contributed by atoms with E-state index in [0.717, 1.165) is 26.2 Å². The molecule has 2 aromatic carbocycles. The Morgan fingerprint density at radius 3 is 1.12 bits per heavy atom. The summed E-state index contributed by atoms with van der Waals surface area (Å²) in [6.45, 7) is 12.5. The van der Waals surface area contributed by atoms with E-state index in [4.69, 9.17) is 18.9 Å². The van der Waals surface area contributed by atoms with Crippen LogP contribution in [-0.4, -0.2) is 65.9 Å². The van der Waals surface area contributed by atoms with E-state index in [2.05, 4.69) is 73.0 Å². The molecule has 0 aromatic heterocycles. The summed E-state index contributed by atoms with van der Waals surface area (Å²) < 4.78 is 22.1. The highest BCUT2D eigenvalue weighted by Crippen LogP contribution is 2.03. The number of hydrogen-bond donors (Lipinski definition) is 2. The predicted octanol–water partition coefficient (Wildman–Crippen LogP) is 3.25. The Kier molecular flexibility index (Phi) is 14.6. The molecule has 2 N–H and O–H groups in total. The molecule has 0 heterocycles. The van der Waals surface area contributed by atoms with Crippen molar-refractivity contribution in [3.63, 3.8) is 0 Å². The second-order valence-electron chi connectivity index (χ2n) is 7.77. The molecule has 0 fully saturated rings. The van der Waals surface area contributed by atoms with E-state index in [-0.39, 0.29) is 0 Å². The van der Waals surface area contributed by atoms with Crippen LogP contribution in [0.5, 0.6) is 0 Å². The summed E-state index contributed by atoms with van der Waals surface area (Å²) in [6.07, 6.45) is 0. The molecule has 0 radical (unpaired) electrons. The summed E-state index contributed by atoms with van der Waals surface area (Å²) in [6, 6.07) is 17.1. The third-order valence-corrected chi connectivity index (χ3v) is 4.86. The molecule has 0 amide bonds. The molecule has 0 spiro atoms. The normalized spacial score (nSPS) is 11.2. The maximum atomic E-state index is 5.56. The number of hydrogen-bond acceptors (Lipinski definition) is 6. The van der Waals surface area contributed by atoms with Gasteiger partial charge in [0.15, 0.2) is 0 Å². The van der Waals surface area contributed by atoms with E-state index >= 15 is 0 Å². The molecular formula is C26H40N2O4. The van der Waals surface area contributed by atoms with Gasteiger partial charge >= 0.3 is 0 Å². The Balaban J connectivity index is 1.25. The average molecular weight is 445 g/mol. The molecule has 178 valence electrons. The highest BCUT2D eigenvalue weighted by Gasteiger charge is 1.96. The zero-order chi connectivity index (χ0) is 22.7. The van der Waals surface area contributed by atoms with E-state index < -0.39 is 0 Å². The van der Waals surface area contributed by atoms with E-state index in [1.54, 1.807) is 0 Å². The Morgan fingerprint density at radius 2 is 0.781 bits per heavy atom. The minimum absolute atomic E-state index is 0.577. The van der Waals surface area contributed by atoms with Crippen molar-refractivity contribution in [3.8, 4) is 0 Å². The van der Waals surface area contributed by atoms with Crippen LogP contribution in [-0.2, 0) is 32.0 Å². The van der Waals surface area contributed by atoms with Gasteiger partial charge in [0.1, 0.15) is 0 Å². The van der Waals surface area contributed by atoms with Gasteiger partial charge in [0, 0.05) is 26.2 Å². The average Bonchev–Trinajstić information content (AvgIpc) is 2.80. The maximum absolute atomic E-state index is 5.56. The molecule has 0 atom stereocenters. The Bertz CT molecular complexity index is 630. The third-order valence-electron chi connectivity index (χ3n) is 4.86. The second-order valence-corrected chi connectivity index (χ2v) is 7.77.